The largest absolute Gasteiger partial charge is 0.370 e. The zero-order valence-electron chi connectivity index (χ0n) is 8.46. The predicted molar refractivity (Wildman–Crippen MR) is 64.0 cm³/mol. The molecule has 1 aliphatic rings. The van der Waals surface area contributed by atoms with Gasteiger partial charge in [-0.25, -0.2) is 4.98 Å². The number of nitrogens with one attached hydrogen (secondary N) is 1. The van der Waals surface area contributed by atoms with E-state index in [0.717, 1.165) is 36.3 Å². The number of fused-ring (bicyclic) bond motifs is 1. The quantitative estimate of drug-likeness (QED) is 0.845. The van der Waals surface area contributed by atoms with E-state index in [0.29, 0.717) is 10.0 Å². The van der Waals surface area contributed by atoms with Gasteiger partial charge in [-0.15, -0.1) is 0 Å². The highest BCUT2D eigenvalue weighted by Crippen LogP contribution is 2.31. The fourth-order valence-electron chi connectivity index (χ4n) is 1.97. The lowest BCUT2D eigenvalue weighted by Gasteiger charge is -2.03. The van der Waals surface area contributed by atoms with Crippen molar-refractivity contribution in [3.8, 4) is 0 Å². The normalized spacial score (nSPS) is 20.8. The van der Waals surface area contributed by atoms with Crippen LogP contribution in [0.15, 0.2) is 12.1 Å². The van der Waals surface area contributed by atoms with Gasteiger partial charge >= 0.3 is 0 Å². The number of rotatable bonds is 1. The Morgan fingerprint density at radius 2 is 2.12 bits per heavy atom. The van der Waals surface area contributed by atoms with E-state index in [-0.39, 0.29) is 6.10 Å². The molecule has 0 radical (unpaired) electrons. The van der Waals surface area contributed by atoms with E-state index in [4.69, 9.17) is 27.9 Å². The minimum Gasteiger partial charge on any atom is -0.370 e. The number of H-pyrrole nitrogens is 1. The number of hydrogen-bond donors (Lipinski definition) is 1. The van der Waals surface area contributed by atoms with Crippen LogP contribution in [0.3, 0.4) is 0 Å². The molecule has 2 aromatic rings. The first kappa shape index (κ1) is 10.4. The number of halogens is 2. The number of aromatic amines is 1. The highest BCUT2D eigenvalue weighted by molar-refractivity contribution is 6.42. The lowest BCUT2D eigenvalue weighted by Crippen LogP contribution is -1.97. The number of hydrogen-bond acceptors (Lipinski definition) is 2. The van der Waals surface area contributed by atoms with Gasteiger partial charge in [-0.3, -0.25) is 0 Å². The molecule has 1 aromatic heterocycles. The first-order valence-electron chi connectivity index (χ1n) is 5.20. The Labute approximate surface area is 103 Å². The van der Waals surface area contributed by atoms with E-state index in [2.05, 4.69) is 9.97 Å². The second kappa shape index (κ2) is 3.91. The smallest absolute Gasteiger partial charge is 0.136 e. The van der Waals surface area contributed by atoms with Crippen molar-refractivity contribution in [1.29, 1.82) is 0 Å². The minimum atomic E-state index is 0.0879. The average Bonchev–Trinajstić information content (AvgIpc) is 2.86. The van der Waals surface area contributed by atoms with Crippen LogP contribution < -0.4 is 0 Å². The van der Waals surface area contributed by atoms with Gasteiger partial charge in [-0.05, 0) is 25.0 Å². The lowest BCUT2D eigenvalue weighted by atomic mass is 10.2. The fraction of sp³-hybridized carbons (Fsp3) is 0.364. The van der Waals surface area contributed by atoms with Crippen LogP contribution >= 0.6 is 23.2 Å². The average molecular weight is 257 g/mol. The zero-order chi connectivity index (χ0) is 11.1. The molecular weight excluding hydrogens is 247 g/mol. The molecule has 1 aromatic carbocycles. The van der Waals surface area contributed by atoms with Gasteiger partial charge in [0.15, 0.2) is 0 Å². The number of nitrogens with zero attached hydrogens (tertiary/aromatic N) is 1. The number of aromatic nitrogens is 2. The third-order valence-corrected chi connectivity index (χ3v) is 3.50. The highest BCUT2D eigenvalue weighted by Gasteiger charge is 2.21. The summed E-state index contributed by atoms with van der Waals surface area (Å²) in [6.45, 7) is 0.809. The third kappa shape index (κ3) is 1.69. The first-order chi connectivity index (χ1) is 7.74. The Bertz CT molecular complexity index is 493. The molecule has 3 nitrogen and oxygen atoms in total. The molecule has 1 aliphatic heterocycles. The highest BCUT2D eigenvalue weighted by atomic mass is 35.5. The Morgan fingerprint density at radius 1 is 1.31 bits per heavy atom. The summed E-state index contributed by atoms with van der Waals surface area (Å²) in [5.41, 5.74) is 1.74. The van der Waals surface area contributed by atoms with E-state index in [1.54, 1.807) is 12.1 Å². The van der Waals surface area contributed by atoms with Gasteiger partial charge in [-0.2, -0.15) is 0 Å². The topological polar surface area (TPSA) is 37.9 Å². The summed E-state index contributed by atoms with van der Waals surface area (Å²) in [5.74, 6) is 0.867. The molecule has 16 heavy (non-hydrogen) atoms. The van der Waals surface area contributed by atoms with Crippen molar-refractivity contribution in [2.24, 2.45) is 0 Å². The molecule has 3 rings (SSSR count). The standard InChI is InChI=1S/C11H10Cl2N2O/c12-6-4-8-9(5-7(6)13)15-11(14-8)10-2-1-3-16-10/h4-5,10H,1-3H2,(H,14,15). The summed E-state index contributed by atoms with van der Waals surface area (Å²) in [6.07, 6.45) is 2.19. The van der Waals surface area contributed by atoms with Crippen LogP contribution in [0.1, 0.15) is 24.8 Å². The van der Waals surface area contributed by atoms with E-state index in [9.17, 15) is 0 Å². The molecular formula is C11H10Cl2N2O. The molecule has 1 fully saturated rings. The monoisotopic (exact) mass is 256 g/mol. The lowest BCUT2D eigenvalue weighted by molar-refractivity contribution is 0.106. The van der Waals surface area contributed by atoms with Crippen molar-refractivity contribution in [3.05, 3.63) is 28.0 Å². The van der Waals surface area contributed by atoms with Gasteiger partial charge < -0.3 is 9.72 Å². The molecule has 0 aliphatic carbocycles. The van der Waals surface area contributed by atoms with Crippen molar-refractivity contribution < 1.29 is 4.74 Å². The Balaban J connectivity index is 2.08. The van der Waals surface area contributed by atoms with Gasteiger partial charge in [0.05, 0.1) is 21.1 Å². The summed E-state index contributed by atoms with van der Waals surface area (Å²) in [7, 11) is 0. The Kier molecular flexibility index (Phi) is 2.54. The van der Waals surface area contributed by atoms with E-state index < -0.39 is 0 Å². The van der Waals surface area contributed by atoms with E-state index in [1.165, 1.54) is 0 Å². The Morgan fingerprint density at radius 3 is 2.88 bits per heavy atom. The number of benzene rings is 1. The second-order valence-corrected chi connectivity index (χ2v) is 4.72. The van der Waals surface area contributed by atoms with Crippen LogP contribution in [0, 0.1) is 0 Å². The molecule has 84 valence electrons. The summed E-state index contributed by atoms with van der Waals surface area (Å²) >= 11 is 11.9. The summed E-state index contributed by atoms with van der Waals surface area (Å²) < 4.78 is 5.57. The summed E-state index contributed by atoms with van der Waals surface area (Å²) in [6, 6.07) is 3.57. The van der Waals surface area contributed by atoms with Crippen molar-refractivity contribution in [3.63, 3.8) is 0 Å². The summed E-state index contributed by atoms with van der Waals surface area (Å²) in [4.78, 5) is 7.70. The molecule has 0 bridgehead atoms. The maximum Gasteiger partial charge on any atom is 0.136 e. The van der Waals surface area contributed by atoms with Gasteiger partial charge in [0.2, 0.25) is 0 Å². The van der Waals surface area contributed by atoms with Crippen molar-refractivity contribution in [1.82, 2.24) is 9.97 Å². The summed E-state index contributed by atoms with van der Waals surface area (Å²) in [5, 5.41) is 1.07. The van der Waals surface area contributed by atoms with Crippen LogP contribution in [0.4, 0.5) is 0 Å². The van der Waals surface area contributed by atoms with Crippen molar-refractivity contribution in [2.45, 2.75) is 18.9 Å². The van der Waals surface area contributed by atoms with E-state index >= 15 is 0 Å². The molecule has 0 spiro atoms. The maximum absolute atomic E-state index is 5.95. The molecule has 1 unspecified atom stereocenters. The van der Waals surface area contributed by atoms with Crippen LogP contribution in [-0.4, -0.2) is 16.6 Å². The molecule has 1 N–H and O–H groups in total. The maximum atomic E-state index is 5.95. The zero-order valence-corrected chi connectivity index (χ0v) is 9.98. The molecule has 1 saturated heterocycles. The second-order valence-electron chi connectivity index (χ2n) is 3.91. The number of ether oxygens (including phenoxy) is 1. The van der Waals surface area contributed by atoms with Crippen LogP contribution in [0.5, 0.6) is 0 Å². The van der Waals surface area contributed by atoms with Crippen molar-refractivity contribution >= 4 is 34.2 Å². The molecule has 0 amide bonds. The van der Waals surface area contributed by atoms with Gasteiger partial charge in [0, 0.05) is 6.61 Å². The SMILES string of the molecule is Clc1cc2nc(C3CCCO3)[nH]c2cc1Cl. The number of imidazole rings is 1. The van der Waals surface area contributed by atoms with Crippen LogP contribution in [0.2, 0.25) is 10.0 Å². The fourth-order valence-corrected chi connectivity index (χ4v) is 2.29. The van der Waals surface area contributed by atoms with Gasteiger partial charge in [0.1, 0.15) is 11.9 Å². The molecule has 0 saturated carbocycles. The molecule has 5 heteroatoms. The van der Waals surface area contributed by atoms with Crippen molar-refractivity contribution in [2.75, 3.05) is 6.61 Å². The predicted octanol–water partition coefficient (Wildman–Crippen LogP) is 3.72. The molecule has 2 heterocycles. The Hall–Kier alpha value is -0.770. The first-order valence-corrected chi connectivity index (χ1v) is 5.96. The van der Waals surface area contributed by atoms with Gasteiger partial charge in [-0.1, -0.05) is 23.2 Å². The van der Waals surface area contributed by atoms with Crippen LogP contribution in [0.25, 0.3) is 11.0 Å². The molecule has 1 atom stereocenters. The van der Waals surface area contributed by atoms with E-state index in [1.807, 2.05) is 0 Å². The minimum absolute atomic E-state index is 0.0879. The van der Waals surface area contributed by atoms with Gasteiger partial charge in [0.25, 0.3) is 0 Å². The third-order valence-electron chi connectivity index (χ3n) is 2.78. The van der Waals surface area contributed by atoms with Crippen LogP contribution in [-0.2, 0) is 4.74 Å².